The molecule has 1 rings (SSSR count). The molecular weight excluding hydrogens is 642 g/mol. The number of unbranched alkanes of at least 4 members (excludes halogenated alkanes) is 15. The van der Waals surface area contributed by atoms with Gasteiger partial charge in [0.25, 0.3) is 0 Å². The van der Waals surface area contributed by atoms with Crippen molar-refractivity contribution in [3.05, 3.63) is 24.3 Å². The second-order valence-corrected chi connectivity index (χ2v) is 14.0. The lowest BCUT2D eigenvalue weighted by atomic mass is 9.98. The second kappa shape index (κ2) is 30.1. The molecule has 0 aliphatic carbocycles. The van der Waals surface area contributed by atoms with Crippen LogP contribution >= 0.6 is 0 Å². The van der Waals surface area contributed by atoms with Gasteiger partial charge in [-0.05, 0) is 44.9 Å². The average molecular weight is 716 g/mol. The van der Waals surface area contributed by atoms with Crippen molar-refractivity contribution in [3.63, 3.8) is 0 Å². The predicted molar refractivity (Wildman–Crippen MR) is 196 cm³/mol. The smallest absolute Gasteiger partial charge is 0.249 e. The van der Waals surface area contributed by atoms with Gasteiger partial charge < -0.3 is 50.5 Å². The quantitative estimate of drug-likeness (QED) is 0.0369. The third kappa shape index (κ3) is 20.6. The number of hydrogen-bond donors (Lipinski definition) is 8. The fraction of sp³-hybridized carbons (Fsp3) is 0.872. The molecule has 1 heterocycles. The van der Waals surface area contributed by atoms with E-state index in [1.807, 2.05) is 6.08 Å². The molecule has 1 aliphatic rings. The molecule has 9 unspecified atom stereocenters. The molecular formula is C39H73NO10. The Kier molecular flexibility index (Phi) is 28.1. The van der Waals surface area contributed by atoms with Crippen molar-refractivity contribution in [1.29, 1.82) is 0 Å². The van der Waals surface area contributed by atoms with Gasteiger partial charge in [-0.25, -0.2) is 0 Å². The summed E-state index contributed by atoms with van der Waals surface area (Å²) < 4.78 is 11.0. The molecule has 50 heavy (non-hydrogen) atoms. The highest BCUT2D eigenvalue weighted by Gasteiger charge is 2.44. The SMILES string of the molecule is CCC/C=C/CC/C=C/CCCC(O)C(O)C(COC1OC(CO)C(O)C(O)C1O)NC(=O)C(O)CCCCCCCCCCCCCCC. The van der Waals surface area contributed by atoms with Crippen molar-refractivity contribution in [2.24, 2.45) is 0 Å². The first-order chi connectivity index (χ1) is 24.2. The number of rotatable bonds is 31. The number of nitrogens with one attached hydrogen (secondary N) is 1. The summed E-state index contributed by atoms with van der Waals surface area (Å²) >= 11 is 0. The zero-order chi connectivity index (χ0) is 37.0. The number of aliphatic hydroxyl groups is 7. The fourth-order valence-electron chi connectivity index (χ4n) is 6.11. The Bertz CT molecular complexity index is 872. The molecule has 1 amide bonds. The number of aliphatic hydroxyl groups excluding tert-OH is 7. The van der Waals surface area contributed by atoms with E-state index in [4.69, 9.17) is 9.47 Å². The van der Waals surface area contributed by atoms with Crippen molar-refractivity contribution in [3.8, 4) is 0 Å². The van der Waals surface area contributed by atoms with Crippen molar-refractivity contribution in [2.45, 2.75) is 204 Å². The van der Waals surface area contributed by atoms with Gasteiger partial charge in [-0.1, -0.05) is 128 Å². The first-order valence-electron chi connectivity index (χ1n) is 19.7. The van der Waals surface area contributed by atoms with Crippen LogP contribution in [0.4, 0.5) is 0 Å². The van der Waals surface area contributed by atoms with Gasteiger partial charge in [-0.2, -0.15) is 0 Å². The van der Waals surface area contributed by atoms with Crippen molar-refractivity contribution >= 4 is 5.91 Å². The van der Waals surface area contributed by atoms with E-state index in [2.05, 4.69) is 37.4 Å². The van der Waals surface area contributed by atoms with E-state index >= 15 is 0 Å². The van der Waals surface area contributed by atoms with Crippen LogP contribution in [0.25, 0.3) is 0 Å². The lowest BCUT2D eigenvalue weighted by molar-refractivity contribution is -0.303. The third-order valence-electron chi connectivity index (χ3n) is 9.47. The van der Waals surface area contributed by atoms with Crippen LogP contribution in [0.2, 0.25) is 0 Å². The van der Waals surface area contributed by atoms with E-state index in [0.29, 0.717) is 19.3 Å². The monoisotopic (exact) mass is 716 g/mol. The Hall–Kier alpha value is -1.41. The van der Waals surface area contributed by atoms with E-state index in [0.717, 1.165) is 44.9 Å². The number of allylic oxidation sites excluding steroid dienone is 4. The van der Waals surface area contributed by atoms with Gasteiger partial charge in [0.05, 0.1) is 25.4 Å². The molecule has 294 valence electrons. The maximum atomic E-state index is 13.0. The van der Waals surface area contributed by atoms with Crippen LogP contribution in [-0.4, -0.2) is 110 Å². The Morgan fingerprint density at radius 1 is 0.680 bits per heavy atom. The normalized spacial score (nSPS) is 23.7. The Morgan fingerprint density at radius 3 is 1.78 bits per heavy atom. The van der Waals surface area contributed by atoms with Gasteiger partial charge in [0, 0.05) is 0 Å². The molecule has 0 aromatic rings. The summed E-state index contributed by atoms with van der Waals surface area (Å²) in [6.07, 6.45) is 18.2. The Morgan fingerprint density at radius 2 is 1.22 bits per heavy atom. The maximum absolute atomic E-state index is 13.0. The molecule has 0 aromatic heterocycles. The molecule has 1 saturated heterocycles. The van der Waals surface area contributed by atoms with Gasteiger partial charge in [-0.3, -0.25) is 4.79 Å². The van der Waals surface area contributed by atoms with Crippen LogP contribution in [0, 0.1) is 0 Å². The van der Waals surface area contributed by atoms with E-state index in [-0.39, 0.29) is 12.8 Å². The second-order valence-electron chi connectivity index (χ2n) is 14.0. The van der Waals surface area contributed by atoms with Crippen LogP contribution in [0.3, 0.4) is 0 Å². The lowest BCUT2D eigenvalue weighted by Gasteiger charge is -2.40. The van der Waals surface area contributed by atoms with Crippen LogP contribution in [0.1, 0.15) is 149 Å². The van der Waals surface area contributed by atoms with Crippen molar-refractivity contribution < 1.29 is 50.0 Å². The summed E-state index contributed by atoms with van der Waals surface area (Å²) in [5.41, 5.74) is 0. The highest BCUT2D eigenvalue weighted by Crippen LogP contribution is 2.23. The van der Waals surface area contributed by atoms with Crippen LogP contribution < -0.4 is 5.32 Å². The molecule has 0 saturated carbocycles. The maximum Gasteiger partial charge on any atom is 0.249 e. The number of ether oxygens (including phenoxy) is 2. The number of amides is 1. The standard InChI is InChI=1S/C39H73NO10/c1-3-5-7-9-11-13-15-16-17-19-21-23-25-27-32(43)38(48)40-30(29-49-39-37(47)36(46)35(45)33(28-41)50-39)34(44)31(42)26-24-22-20-18-14-12-10-8-6-4-2/h8,10,18,20,30-37,39,41-47H,3-7,9,11-17,19,21-29H2,1-2H3,(H,40,48)/b10-8+,20-18+. The topological polar surface area (TPSA) is 189 Å². The highest BCUT2D eigenvalue weighted by atomic mass is 16.7. The number of carbonyl (C=O) groups excluding carboxylic acids is 1. The van der Waals surface area contributed by atoms with Gasteiger partial charge in [-0.15, -0.1) is 0 Å². The molecule has 11 heteroatoms. The molecule has 8 N–H and O–H groups in total. The van der Waals surface area contributed by atoms with E-state index in [1.54, 1.807) is 0 Å². The van der Waals surface area contributed by atoms with Gasteiger partial charge in [0.15, 0.2) is 6.29 Å². The van der Waals surface area contributed by atoms with Crippen molar-refractivity contribution in [1.82, 2.24) is 5.32 Å². The zero-order valence-electron chi connectivity index (χ0n) is 31.1. The first kappa shape index (κ1) is 46.6. The molecule has 9 atom stereocenters. The summed E-state index contributed by atoms with van der Waals surface area (Å²) in [4.78, 5) is 13.0. The summed E-state index contributed by atoms with van der Waals surface area (Å²) in [6.45, 7) is 3.30. The highest BCUT2D eigenvalue weighted by molar-refractivity contribution is 5.80. The minimum Gasteiger partial charge on any atom is -0.394 e. The molecule has 0 spiro atoms. The van der Waals surface area contributed by atoms with Crippen LogP contribution in [-0.2, 0) is 14.3 Å². The minimum absolute atomic E-state index is 0.246. The van der Waals surface area contributed by atoms with Gasteiger partial charge in [0.2, 0.25) is 5.91 Å². The minimum atomic E-state index is -1.67. The molecule has 1 fully saturated rings. The van der Waals surface area contributed by atoms with Crippen LogP contribution in [0.5, 0.6) is 0 Å². The molecule has 0 aromatic carbocycles. The van der Waals surface area contributed by atoms with Crippen molar-refractivity contribution in [2.75, 3.05) is 13.2 Å². The number of hydrogen-bond acceptors (Lipinski definition) is 10. The van der Waals surface area contributed by atoms with E-state index in [1.165, 1.54) is 57.8 Å². The largest absolute Gasteiger partial charge is 0.394 e. The summed E-state index contributed by atoms with van der Waals surface area (Å²) in [5, 5.41) is 75.1. The van der Waals surface area contributed by atoms with E-state index < -0.39 is 74.2 Å². The van der Waals surface area contributed by atoms with Gasteiger partial charge >= 0.3 is 0 Å². The molecule has 0 bridgehead atoms. The fourth-order valence-corrected chi connectivity index (χ4v) is 6.11. The van der Waals surface area contributed by atoms with Crippen LogP contribution in [0.15, 0.2) is 24.3 Å². The number of carbonyl (C=O) groups is 1. The third-order valence-corrected chi connectivity index (χ3v) is 9.47. The first-order valence-corrected chi connectivity index (χ1v) is 19.7. The van der Waals surface area contributed by atoms with Gasteiger partial charge in [0.1, 0.15) is 36.6 Å². The summed E-state index contributed by atoms with van der Waals surface area (Å²) in [7, 11) is 0. The van der Waals surface area contributed by atoms with E-state index in [9.17, 15) is 40.5 Å². The Labute approximate surface area is 302 Å². The predicted octanol–water partition coefficient (Wildman–Crippen LogP) is 4.71. The zero-order valence-corrected chi connectivity index (χ0v) is 31.1. The summed E-state index contributed by atoms with van der Waals surface area (Å²) in [5.74, 6) is -0.714. The average Bonchev–Trinajstić information content (AvgIpc) is 3.11. The molecule has 0 radical (unpaired) electrons. The lowest BCUT2D eigenvalue weighted by Crippen LogP contribution is -2.60. The summed E-state index contributed by atoms with van der Waals surface area (Å²) in [6, 6.07) is -1.18. The Balaban J connectivity index is 2.58. The molecule has 11 nitrogen and oxygen atoms in total. The molecule has 1 aliphatic heterocycles.